The van der Waals surface area contributed by atoms with E-state index in [2.05, 4.69) is 10.6 Å². The Labute approximate surface area is 250 Å². The van der Waals surface area contributed by atoms with Gasteiger partial charge in [0.2, 0.25) is 5.91 Å². The molecule has 1 heterocycles. The monoisotopic (exact) mass is 591 g/mol. The number of benzene rings is 3. The Bertz CT molecular complexity index is 1430. The highest BCUT2D eigenvalue weighted by molar-refractivity contribution is 8.00. The zero-order chi connectivity index (χ0) is 30.4. The number of nitrogens with zero attached hydrogens (tertiary/aromatic N) is 1. The predicted octanol–water partition coefficient (Wildman–Crippen LogP) is 3.41. The van der Waals surface area contributed by atoms with E-state index >= 15 is 0 Å². The van der Waals surface area contributed by atoms with E-state index in [1.165, 1.54) is 22.7 Å². The molecule has 0 aromatic heterocycles. The average molecular weight is 592 g/mol. The number of thioether (sulfide) groups is 1. The molecular formula is C32H37N3O6S. The summed E-state index contributed by atoms with van der Waals surface area (Å²) < 4.78 is 4.76. The van der Waals surface area contributed by atoms with Crippen LogP contribution in [0.2, 0.25) is 0 Å². The maximum atomic E-state index is 13.9. The largest absolute Gasteiger partial charge is 0.508 e. The minimum absolute atomic E-state index is 0.0304. The molecular weight excluding hydrogens is 554 g/mol. The van der Waals surface area contributed by atoms with Gasteiger partial charge in [-0.2, -0.15) is 0 Å². The van der Waals surface area contributed by atoms with Gasteiger partial charge >= 0.3 is 0 Å². The zero-order valence-electron chi connectivity index (χ0n) is 24.2. The van der Waals surface area contributed by atoms with Crippen LogP contribution in [0.4, 0.5) is 0 Å². The molecule has 4 N–H and O–H groups in total. The number of methoxy groups -OCH3 is 1. The topological polar surface area (TPSA) is 128 Å². The lowest BCUT2D eigenvalue weighted by Gasteiger charge is -2.33. The molecule has 2 unspecified atom stereocenters. The van der Waals surface area contributed by atoms with Crippen LogP contribution in [0.25, 0.3) is 0 Å². The lowest BCUT2D eigenvalue weighted by atomic mass is 9.96. The predicted molar refractivity (Wildman–Crippen MR) is 162 cm³/mol. The Hall–Kier alpha value is -4.02. The van der Waals surface area contributed by atoms with Gasteiger partial charge in [-0.25, -0.2) is 0 Å². The third kappa shape index (κ3) is 6.88. The van der Waals surface area contributed by atoms with Crippen molar-refractivity contribution in [2.45, 2.75) is 56.7 Å². The van der Waals surface area contributed by atoms with Crippen LogP contribution in [0.1, 0.15) is 40.9 Å². The van der Waals surface area contributed by atoms with Gasteiger partial charge in [-0.15, -0.1) is 11.8 Å². The normalized spacial score (nSPS) is 17.3. The van der Waals surface area contributed by atoms with Gasteiger partial charge in [0.25, 0.3) is 11.8 Å². The summed E-state index contributed by atoms with van der Waals surface area (Å²) in [6, 6.07) is 19.3. The number of para-hydroxylation sites is 1. The second-order valence-corrected chi connectivity index (χ2v) is 12.4. The van der Waals surface area contributed by atoms with Crippen LogP contribution in [-0.4, -0.2) is 68.8 Å². The number of phenols is 1. The van der Waals surface area contributed by atoms with Crippen LogP contribution in [-0.2, 0) is 22.6 Å². The first-order chi connectivity index (χ1) is 20.0. The SMILES string of the molecule is COc1ccccc1CNC(=O)C1N(C(=O)[C@H](O)C(Cc2ccccc2)NC(=O)c2cccc(O)c2C)CSC1(C)C. The van der Waals surface area contributed by atoms with Crippen molar-refractivity contribution in [1.29, 1.82) is 0 Å². The van der Waals surface area contributed by atoms with Gasteiger partial charge in [0.1, 0.15) is 17.5 Å². The smallest absolute Gasteiger partial charge is 0.254 e. The molecule has 42 heavy (non-hydrogen) atoms. The van der Waals surface area contributed by atoms with Crippen molar-refractivity contribution in [1.82, 2.24) is 15.5 Å². The number of ether oxygens (including phenoxy) is 1. The first-order valence-electron chi connectivity index (χ1n) is 13.7. The number of hydrogen-bond acceptors (Lipinski definition) is 7. The van der Waals surface area contributed by atoms with Crippen molar-refractivity contribution >= 4 is 29.5 Å². The van der Waals surface area contributed by atoms with E-state index in [9.17, 15) is 24.6 Å². The average Bonchev–Trinajstić information content (AvgIpc) is 3.31. The fourth-order valence-electron chi connectivity index (χ4n) is 5.11. The second kappa shape index (κ2) is 13.3. The number of phenolic OH excluding ortho intramolecular Hbond substituents is 1. The van der Waals surface area contributed by atoms with E-state index in [1.54, 1.807) is 26.2 Å². The third-order valence-corrected chi connectivity index (χ3v) is 8.90. The quantitative estimate of drug-likeness (QED) is 0.285. The lowest BCUT2D eigenvalue weighted by molar-refractivity contribution is -0.147. The molecule has 3 aromatic carbocycles. The molecule has 1 aliphatic heterocycles. The number of aliphatic hydroxyl groups excluding tert-OH is 1. The summed E-state index contributed by atoms with van der Waals surface area (Å²) in [5.41, 5.74) is 2.23. The maximum absolute atomic E-state index is 13.9. The van der Waals surface area contributed by atoms with Crippen LogP contribution in [0.15, 0.2) is 72.8 Å². The van der Waals surface area contributed by atoms with Crippen molar-refractivity contribution < 1.29 is 29.3 Å². The number of rotatable bonds is 10. The number of hydrogen-bond donors (Lipinski definition) is 4. The van der Waals surface area contributed by atoms with Crippen molar-refractivity contribution in [3.8, 4) is 11.5 Å². The first-order valence-corrected chi connectivity index (χ1v) is 14.7. The van der Waals surface area contributed by atoms with E-state index in [4.69, 9.17) is 4.74 Å². The number of aromatic hydroxyl groups is 1. The maximum Gasteiger partial charge on any atom is 0.254 e. The van der Waals surface area contributed by atoms with Gasteiger partial charge in [-0.3, -0.25) is 14.4 Å². The van der Waals surface area contributed by atoms with E-state index in [0.29, 0.717) is 11.3 Å². The molecule has 0 spiro atoms. The Morgan fingerprint density at radius 3 is 2.45 bits per heavy atom. The summed E-state index contributed by atoms with van der Waals surface area (Å²) in [6.45, 7) is 5.60. The summed E-state index contributed by atoms with van der Waals surface area (Å²) in [5, 5.41) is 27.3. The zero-order valence-corrected chi connectivity index (χ0v) is 25.0. The molecule has 3 aromatic rings. The van der Waals surface area contributed by atoms with Crippen LogP contribution in [0, 0.1) is 6.92 Å². The molecule has 1 fully saturated rings. The summed E-state index contributed by atoms with van der Waals surface area (Å²) in [7, 11) is 1.56. The molecule has 0 aliphatic carbocycles. The second-order valence-electron chi connectivity index (χ2n) is 10.8. The van der Waals surface area contributed by atoms with E-state index in [-0.39, 0.29) is 36.1 Å². The first kappa shape index (κ1) is 30.9. The molecule has 1 aliphatic rings. The molecule has 1 saturated heterocycles. The number of aliphatic hydroxyl groups is 1. The Morgan fingerprint density at radius 1 is 1.05 bits per heavy atom. The van der Waals surface area contributed by atoms with Crippen molar-refractivity contribution in [2.75, 3.05) is 13.0 Å². The van der Waals surface area contributed by atoms with Crippen LogP contribution >= 0.6 is 11.8 Å². The third-order valence-electron chi connectivity index (χ3n) is 7.52. The summed E-state index contributed by atoms with van der Waals surface area (Å²) in [5.74, 6) is -0.721. The molecule has 9 nitrogen and oxygen atoms in total. The van der Waals surface area contributed by atoms with Crippen LogP contribution < -0.4 is 15.4 Å². The molecule has 0 radical (unpaired) electrons. The van der Waals surface area contributed by atoms with Gasteiger partial charge in [-0.05, 0) is 51.0 Å². The fourth-order valence-corrected chi connectivity index (χ4v) is 6.25. The summed E-state index contributed by atoms with van der Waals surface area (Å²) >= 11 is 1.44. The lowest BCUT2D eigenvalue weighted by Crippen LogP contribution is -2.58. The highest BCUT2D eigenvalue weighted by atomic mass is 32.2. The minimum atomic E-state index is -1.63. The fraction of sp³-hybridized carbons (Fsp3) is 0.344. The van der Waals surface area contributed by atoms with Crippen molar-refractivity contribution in [3.05, 3.63) is 95.1 Å². The number of nitrogens with one attached hydrogen (secondary N) is 2. The van der Waals surface area contributed by atoms with Crippen molar-refractivity contribution in [3.63, 3.8) is 0 Å². The van der Waals surface area contributed by atoms with Gasteiger partial charge in [0.15, 0.2) is 6.10 Å². The van der Waals surface area contributed by atoms with E-state index < -0.39 is 34.7 Å². The van der Waals surface area contributed by atoms with Gasteiger partial charge in [0, 0.05) is 28.0 Å². The molecule has 3 atom stereocenters. The number of amides is 3. The summed E-state index contributed by atoms with van der Waals surface area (Å²) in [4.78, 5) is 42.1. The Kier molecular flexibility index (Phi) is 9.80. The molecule has 222 valence electrons. The highest BCUT2D eigenvalue weighted by Crippen LogP contribution is 2.40. The van der Waals surface area contributed by atoms with Gasteiger partial charge < -0.3 is 30.5 Å². The van der Waals surface area contributed by atoms with Gasteiger partial charge in [-0.1, -0.05) is 54.6 Å². The van der Waals surface area contributed by atoms with Gasteiger partial charge in [0.05, 0.1) is 19.0 Å². The van der Waals surface area contributed by atoms with Crippen LogP contribution in [0.5, 0.6) is 11.5 Å². The molecule has 0 bridgehead atoms. The molecule has 0 saturated carbocycles. The van der Waals surface area contributed by atoms with E-state index in [1.807, 2.05) is 68.4 Å². The molecule has 4 rings (SSSR count). The summed E-state index contributed by atoms with van der Waals surface area (Å²) in [6.07, 6.45) is -1.46. The van der Waals surface area contributed by atoms with Crippen molar-refractivity contribution in [2.24, 2.45) is 0 Å². The molecule has 10 heteroatoms. The molecule has 3 amide bonds. The van der Waals surface area contributed by atoms with E-state index in [0.717, 1.165) is 11.1 Å². The Morgan fingerprint density at radius 2 is 1.74 bits per heavy atom. The van der Waals surface area contributed by atoms with Crippen LogP contribution in [0.3, 0.4) is 0 Å². The minimum Gasteiger partial charge on any atom is -0.508 e. The number of carbonyl (C=O) groups is 3. The number of carbonyl (C=O) groups excluding carboxylic acids is 3. The standard InChI is InChI=1S/C32H37N3O6S/c1-20-23(14-10-15-25(20)36)29(38)34-24(17-21-11-6-5-7-12-21)27(37)31(40)35-19-42-32(2,3)28(35)30(39)33-18-22-13-8-9-16-26(22)41-4/h5-16,24,27-28,36-37H,17-19H2,1-4H3,(H,33,39)(H,34,38)/t24?,27-,28?/m1/s1. The Balaban J connectivity index is 1.56. The highest BCUT2D eigenvalue weighted by Gasteiger charge is 2.49.